The molecular weight excluding hydrogens is 230 g/mol. The van der Waals surface area contributed by atoms with Gasteiger partial charge in [0.1, 0.15) is 0 Å². The van der Waals surface area contributed by atoms with E-state index in [1.807, 2.05) is 14.0 Å². The average molecular weight is 253 g/mol. The Morgan fingerprint density at radius 3 is 2.72 bits per heavy atom. The predicted molar refractivity (Wildman–Crippen MR) is 69.6 cm³/mol. The van der Waals surface area contributed by atoms with E-state index < -0.39 is 5.60 Å². The highest BCUT2D eigenvalue weighted by atomic mass is 16.5. The molecule has 2 N–H and O–H groups in total. The number of methoxy groups -OCH3 is 1. The summed E-state index contributed by atoms with van der Waals surface area (Å²) in [5.74, 6) is 0.790. The molecule has 5 nitrogen and oxygen atoms in total. The molecule has 0 spiro atoms. The molecule has 1 saturated carbocycles. The monoisotopic (exact) mass is 253 g/mol. The van der Waals surface area contributed by atoms with Crippen LogP contribution in [0.5, 0.6) is 5.88 Å². The summed E-state index contributed by atoms with van der Waals surface area (Å²) >= 11 is 0. The van der Waals surface area contributed by atoms with Crippen LogP contribution in [-0.4, -0.2) is 34.1 Å². The second-order valence-corrected chi connectivity index (χ2v) is 5.23. The molecule has 0 aliphatic heterocycles. The summed E-state index contributed by atoms with van der Waals surface area (Å²) in [6.45, 7) is 3.31. The van der Waals surface area contributed by atoms with E-state index in [2.05, 4.69) is 10.4 Å². The number of aromatic nitrogens is 2. The van der Waals surface area contributed by atoms with Crippen molar-refractivity contribution in [3.05, 3.63) is 11.3 Å². The van der Waals surface area contributed by atoms with Crippen LogP contribution in [0.3, 0.4) is 0 Å². The first-order chi connectivity index (χ1) is 8.56. The van der Waals surface area contributed by atoms with Crippen molar-refractivity contribution >= 4 is 0 Å². The molecule has 0 amide bonds. The molecule has 0 radical (unpaired) electrons. The van der Waals surface area contributed by atoms with Gasteiger partial charge in [-0.05, 0) is 19.8 Å². The highest BCUT2D eigenvalue weighted by Crippen LogP contribution is 2.29. The molecule has 0 saturated heterocycles. The van der Waals surface area contributed by atoms with E-state index in [-0.39, 0.29) is 0 Å². The van der Waals surface area contributed by atoms with Crippen LogP contribution in [0.25, 0.3) is 0 Å². The quantitative estimate of drug-likeness (QED) is 0.826. The van der Waals surface area contributed by atoms with E-state index in [1.165, 1.54) is 0 Å². The average Bonchev–Trinajstić information content (AvgIpc) is 2.85. The van der Waals surface area contributed by atoms with Crippen LogP contribution in [0.2, 0.25) is 0 Å². The molecule has 102 valence electrons. The van der Waals surface area contributed by atoms with Gasteiger partial charge < -0.3 is 15.2 Å². The van der Waals surface area contributed by atoms with Crippen LogP contribution < -0.4 is 10.1 Å². The maximum atomic E-state index is 10.3. The first-order valence-electron chi connectivity index (χ1n) is 6.55. The number of ether oxygens (including phenoxy) is 1. The summed E-state index contributed by atoms with van der Waals surface area (Å²) in [6, 6.07) is 0. The lowest BCUT2D eigenvalue weighted by Crippen LogP contribution is -2.37. The summed E-state index contributed by atoms with van der Waals surface area (Å²) in [4.78, 5) is 0. The van der Waals surface area contributed by atoms with Crippen LogP contribution in [-0.2, 0) is 13.6 Å². The summed E-state index contributed by atoms with van der Waals surface area (Å²) in [7, 11) is 3.53. The van der Waals surface area contributed by atoms with Crippen molar-refractivity contribution in [1.82, 2.24) is 15.1 Å². The molecule has 0 bridgehead atoms. The number of aryl methyl sites for hydroxylation is 2. The molecule has 1 aliphatic carbocycles. The molecule has 1 aromatic rings. The van der Waals surface area contributed by atoms with Gasteiger partial charge in [0, 0.05) is 20.1 Å². The van der Waals surface area contributed by atoms with Crippen molar-refractivity contribution in [3.63, 3.8) is 0 Å². The Bertz CT molecular complexity index is 409. The fraction of sp³-hybridized carbons (Fsp3) is 0.769. The van der Waals surface area contributed by atoms with Crippen LogP contribution >= 0.6 is 0 Å². The second kappa shape index (κ2) is 5.28. The SMILES string of the molecule is COc1c(CNCC2(O)CCCC2)c(C)nn1C. The van der Waals surface area contributed by atoms with E-state index in [1.54, 1.807) is 11.8 Å². The zero-order chi connectivity index (χ0) is 13.2. The van der Waals surface area contributed by atoms with Gasteiger partial charge in [-0.3, -0.25) is 0 Å². The highest BCUT2D eigenvalue weighted by Gasteiger charge is 2.30. The Morgan fingerprint density at radius 2 is 2.11 bits per heavy atom. The number of rotatable bonds is 5. The summed E-state index contributed by atoms with van der Waals surface area (Å²) in [5.41, 5.74) is 1.53. The van der Waals surface area contributed by atoms with Crippen molar-refractivity contribution in [2.45, 2.75) is 44.8 Å². The molecule has 5 heteroatoms. The second-order valence-electron chi connectivity index (χ2n) is 5.23. The van der Waals surface area contributed by atoms with E-state index >= 15 is 0 Å². The predicted octanol–water partition coefficient (Wildman–Crippen LogP) is 1.13. The number of nitrogens with one attached hydrogen (secondary N) is 1. The van der Waals surface area contributed by atoms with Gasteiger partial charge in [-0.2, -0.15) is 5.10 Å². The van der Waals surface area contributed by atoms with Gasteiger partial charge in [0.05, 0.1) is 24.0 Å². The van der Waals surface area contributed by atoms with E-state index in [4.69, 9.17) is 4.74 Å². The highest BCUT2D eigenvalue weighted by molar-refractivity contribution is 5.30. The fourth-order valence-electron chi connectivity index (χ4n) is 2.77. The minimum absolute atomic E-state index is 0.511. The maximum Gasteiger partial charge on any atom is 0.216 e. The molecule has 0 unspecified atom stereocenters. The summed E-state index contributed by atoms with van der Waals surface area (Å²) < 4.78 is 7.09. The topological polar surface area (TPSA) is 59.3 Å². The van der Waals surface area contributed by atoms with E-state index in [9.17, 15) is 5.11 Å². The molecule has 18 heavy (non-hydrogen) atoms. The number of hydrogen-bond donors (Lipinski definition) is 2. The lowest BCUT2D eigenvalue weighted by atomic mass is 10.0. The molecule has 2 rings (SSSR count). The standard InChI is InChI=1S/C13H23N3O2/c1-10-11(12(18-3)16(2)15-10)8-14-9-13(17)6-4-5-7-13/h14,17H,4-9H2,1-3H3. The van der Waals surface area contributed by atoms with Crippen LogP contribution in [0.1, 0.15) is 36.9 Å². The number of hydrogen-bond acceptors (Lipinski definition) is 4. The van der Waals surface area contributed by atoms with Crippen LogP contribution in [0.15, 0.2) is 0 Å². The Morgan fingerprint density at radius 1 is 1.44 bits per heavy atom. The zero-order valence-electron chi connectivity index (χ0n) is 11.5. The minimum Gasteiger partial charge on any atom is -0.481 e. The van der Waals surface area contributed by atoms with Crippen molar-refractivity contribution < 1.29 is 9.84 Å². The molecule has 1 fully saturated rings. The molecule has 0 aromatic carbocycles. The number of aliphatic hydroxyl groups is 1. The largest absolute Gasteiger partial charge is 0.481 e. The Hall–Kier alpha value is -1.07. The Labute approximate surface area is 108 Å². The van der Waals surface area contributed by atoms with Gasteiger partial charge in [0.25, 0.3) is 0 Å². The van der Waals surface area contributed by atoms with Crippen molar-refractivity contribution in [2.24, 2.45) is 7.05 Å². The molecule has 1 aliphatic rings. The lowest BCUT2D eigenvalue weighted by Gasteiger charge is -2.22. The molecule has 0 atom stereocenters. The number of nitrogens with zero attached hydrogens (tertiary/aromatic N) is 2. The Balaban J connectivity index is 1.94. The van der Waals surface area contributed by atoms with Gasteiger partial charge >= 0.3 is 0 Å². The van der Waals surface area contributed by atoms with Gasteiger partial charge in [-0.1, -0.05) is 12.8 Å². The van der Waals surface area contributed by atoms with Crippen LogP contribution in [0.4, 0.5) is 0 Å². The van der Waals surface area contributed by atoms with Crippen molar-refractivity contribution in [2.75, 3.05) is 13.7 Å². The minimum atomic E-state index is -0.511. The normalized spacial score (nSPS) is 18.2. The third kappa shape index (κ3) is 2.67. The first kappa shape index (κ1) is 13.4. The van der Waals surface area contributed by atoms with E-state index in [0.29, 0.717) is 13.1 Å². The molecular formula is C13H23N3O2. The maximum absolute atomic E-state index is 10.3. The smallest absolute Gasteiger partial charge is 0.216 e. The van der Waals surface area contributed by atoms with Crippen molar-refractivity contribution in [3.8, 4) is 5.88 Å². The van der Waals surface area contributed by atoms with Gasteiger partial charge in [-0.25, -0.2) is 4.68 Å². The zero-order valence-corrected chi connectivity index (χ0v) is 11.5. The summed E-state index contributed by atoms with van der Waals surface area (Å²) in [5, 5.41) is 17.9. The Kier molecular flexibility index (Phi) is 3.92. The molecule has 1 heterocycles. The van der Waals surface area contributed by atoms with Gasteiger partial charge in [0.15, 0.2) is 0 Å². The first-order valence-corrected chi connectivity index (χ1v) is 6.55. The summed E-state index contributed by atoms with van der Waals surface area (Å²) in [6.07, 6.45) is 4.08. The lowest BCUT2D eigenvalue weighted by molar-refractivity contribution is 0.0474. The van der Waals surface area contributed by atoms with E-state index in [0.717, 1.165) is 42.8 Å². The third-order valence-corrected chi connectivity index (χ3v) is 3.77. The van der Waals surface area contributed by atoms with Crippen LogP contribution in [0, 0.1) is 6.92 Å². The molecule has 1 aromatic heterocycles. The van der Waals surface area contributed by atoms with Gasteiger partial charge in [-0.15, -0.1) is 0 Å². The van der Waals surface area contributed by atoms with Gasteiger partial charge in [0.2, 0.25) is 5.88 Å². The van der Waals surface area contributed by atoms with Crippen molar-refractivity contribution in [1.29, 1.82) is 0 Å². The third-order valence-electron chi connectivity index (χ3n) is 3.77. The fourth-order valence-corrected chi connectivity index (χ4v) is 2.77.